The summed E-state index contributed by atoms with van der Waals surface area (Å²) in [6.45, 7) is 4.42. The van der Waals surface area contributed by atoms with Crippen molar-refractivity contribution in [2.24, 2.45) is 0 Å². The maximum atomic E-state index is 3.31. The van der Waals surface area contributed by atoms with Crippen molar-refractivity contribution in [1.29, 1.82) is 0 Å². The van der Waals surface area contributed by atoms with Crippen molar-refractivity contribution in [1.82, 2.24) is 10.3 Å². The van der Waals surface area contributed by atoms with Crippen LogP contribution in [0.15, 0.2) is 24.4 Å². The van der Waals surface area contributed by atoms with Gasteiger partial charge in [0.2, 0.25) is 0 Å². The zero-order chi connectivity index (χ0) is 9.54. The molecule has 2 heteroatoms. The average molecular weight is 186 g/mol. The fraction of sp³-hybridized carbons (Fsp3) is 0.333. The lowest BCUT2D eigenvalue weighted by atomic mass is 9.92. The molecule has 1 aromatic carbocycles. The Hall–Kier alpha value is -1.28. The Labute approximate surface area is 83.3 Å². The van der Waals surface area contributed by atoms with Crippen molar-refractivity contribution in [2.45, 2.75) is 12.8 Å². The number of benzene rings is 1. The van der Waals surface area contributed by atoms with Crippen molar-refractivity contribution in [3.8, 4) is 0 Å². The van der Waals surface area contributed by atoms with Crippen LogP contribution in [0.25, 0.3) is 10.9 Å². The highest BCUT2D eigenvalue weighted by Crippen LogP contribution is 2.25. The van der Waals surface area contributed by atoms with E-state index in [1.54, 1.807) is 0 Å². The van der Waals surface area contributed by atoms with E-state index in [1.807, 2.05) is 0 Å². The van der Waals surface area contributed by atoms with E-state index in [0.717, 1.165) is 19.0 Å². The number of aromatic nitrogens is 1. The van der Waals surface area contributed by atoms with E-state index >= 15 is 0 Å². The lowest BCUT2D eigenvalue weighted by Gasteiger charge is -2.27. The topological polar surface area (TPSA) is 27.8 Å². The summed E-state index contributed by atoms with van der Waals surface area (Å²) in [6, 6.07) is 6.76. The summed E-state index contributed by atoms with van der Waals surface area (Å²) in [4.78, 5) is 3.27. The fourth-order valence-electron chi connectivity index (χ4n) is 2.06. The van der Waals surface area contributed by atoms with Gasteiger partial charge in [-0.25, -0.2) is 0 Å². The second kappa shape index (κ2) is 2.85. The Morgan fingerprint density at radius 3 is 2.86 bits per heavy atom. The van der Waals surface area contributed by atoms with Crippen molar-refractivity contribution < 1.29 is 0 Å². The average Bonchev–Trinajstić information content (AvgIpc) is 2.45. The molecule has 0 aliphatic carbocycles. The van der Waals surface area contributed by atoms with Gasteiger partial charge in [0, 0.05) is 36.1 Å². The van der Waals surface area contributed by atoms with Gasteiger partial charge < -0.3 is 10.3 Å². The third-order valence-corrected chi connectivity index (χ3v) is 3.17. The third-order valence-electron chi connectivity index (χ3n) is 3.17. The Balaban J connectivity index is 2.13. The van der Waals surface area contributed by atoms with Crippen LogP contribution >= 0.6 is 0 Å². The van der Waals surface area contributed by atoms with E-state index in [-0.39, 0.29) is 0 Å². The van der Waals surface area contributed by atoms with Crippen LogP contribution in [0.2, 0.25) is 0 Å². The molecule has 1 aliphatic heterocycles. The SMILES string of the molecule is Cc1c[nH]c2ccc(C3CNC3)cc12. The van der Waals surface area contributed by atoms with Crippen molar-refractivity contribution >= 4 is 10.9 Å². The number of hydrogen-bond acceptors (Lipinski definition) is 1. The van der Waals surface area contributed by atoms with Crippen LogP contribution in [-0.4, -0.2) is 18.1 Å². The lowest BCUT2D eigenvalue weighted by molar-refractivity contribution is 0.449. The molecule has 2 heterocycles. The van der Waals surface area contributed by atoms with Crippen LogP contribution in [0.1, 0.15) is 17.0 Å². The molecule has 2 aromatic rings. The number of nitrogens with one attached hydrogen (secondary N) is 2. The smallest absolute Gasteiger partial charge is 0.0456 e. The minimum Gasteiger partial charge on any atom is -0.361 e. The summed E-state index contributed by atoms with van der Waals surface area (Å²) in [6.07, 6.45) is 2.08. The molecule has 0 radical (unpaired) electrons. The molecule has 14 heavy (non-hydrogen) atoms. The maximum Gasteiger partial charge on any atom is 0.0456 e. The van der Waals surface area contributed by atoms with E-state index in [1.165, 1.54) is 22.0 Å². The monoisotopic (exact) mass is 186 g/mol. The quantitative estimate of drug-likeness (QED) is 0.701. The summed E-state index contributed by atoms with van der Waals surface area (Å²) in [5, 5.41) is 4.68. The molecule has 3 rings (SSSR count). The van der Waals surface area contributed by atoms with Crippen molar-refractivity contribution in [2.75, 3.05) is 13.1 Å². The second-order valence-corrected chi connectivity index (χ2v) is 4.13. The molecule has 0 spiro atoms. The van der Waals surface area contributed by atoms with Gasteiger partial charge in [0.1, 0.15) is 0 Å². The van der Waals surface area contributed by atoms with Gasteiger partial charge in [-0.3, -0.25) is 0 Å². The molecule has 0 bridgehead atoms. The zero-order valence-corrected chi connectivity index (χ0v) is 8.30. The van der Waals surface area contributed by atoms with Gasteiger partial charge in [0.25, 0.3) is 0 Å². The molecule has 72 valence electrons. The molecular formula is C12H14N2. The standard InChI is InChI=1S/C12H14N2/c1-8-5-14-12-3-2-9(4-11(8)12)10-6-13-7-10/h2-5,10,13-14H,6-7H2,1H3. The first-order valence-corrected chi connectivity index (χ1v) is 5.13. The lowest BCUT2D eigenvalue weighted by Crippen LogP contribution is -2.39. The van der Waals surface area contributed by atoms with E-state index in [4.69, 9.17) is 0 Å². The molecule has 1 saturated heterocycles. The summed E-state index contributed by atoms with van der Waals surface area (Å²) in [7, 11) is 0. The van der Waals surface area contributed by atoms with E-state index in [0.29, 0.717) is 0 Å². The molecule has 0 saturated carbocycles. The molecule has 2 N–H and O–H groups in total. The van der Waals surface area contributed by atoms with Crippen LogP contribution < -0.4 is 5.32 Å². The summed E-state index contributed by atoms with van der Waals surface area (Å²) < 4.78 is 0. The molecule has 1 fully saturated rings. The van der Waals surface area contributed by atoms with Gasteiger partial charge in [0.05, 0.1) is 0 Å². The van der Waals surface area contributed by atoms with Crippen LogP contribution in [-0.2, 0) is 0 Å². The summed E-state index contributed by atoms with van der Waals surface area (Å²) in [5.74, 6) is 0.730. The number of hydrogen-bond donors (Lipinski definition) is 2. The second-order valence-electron chi connectivity index (χ2n) is 4.13. The number of aromatic amines is 1. The first-order chi connectivity index (χ1) is 6.84. The normalized spacial score (nSPS) is 17.2. The highest BCUT2D eigenvalue weighted by atomic mass is 14.9. The molecule has 1 aromatic heterocycles. The molecule has 0 atom stereocenters. The fourth-order valence-corrected chi connectivity index (χ4v) is 2.06. The minimum atomic E-state index is 0.730. The van der Waals surface area contributed by atoms with Crippen LogP contribution in [0.3, 0.4) is 0 Å². The Morgan fingerprint density at radius 2 is 2.14 bits per heavy atom. The number of fused-ring (bicyclic) bond motifs is 1. The highest BCUT2D eigenvalue weighted by molar-refractivity contribution is 5.83. The number of H-pyrrole nitrogens is 1. The Morgan fingerprint density at radius 1 is 1.29 bits per heavy atom. The number of rotatable bonds is 1. The maximum absolute atomic E-state index is 3.31. The van der Waals surface area contributed by atoms with Crippen LogP contribution in [0.4, 0.5) is 0 Å². The zero-order valence-electron chi connectivity index (χ0n) is 8.30. The van der Waals surface area contributed by atoms with Gasteiger partial charge in [-0.05, 0) is 30.2 Å². The molecule has 0 unspecified atom stereocenters. The Kier molecular flexibility index (Phi) is 1.64. The van der Waals surface area contributed by atoms with E-state index < -0.39 is 0 Å². The van der Waals surface area contributed by atoms with Gasteiger partial charge in [-0.15, -0.1) is 0 Å². The minimum absolute atomic E-state index is 0.730. The molecule has 2 nitrogen and oxygen atoms in total. The number of aryl methyl sites for hydroxylation is 1. The predicted molar refractivity (Wildman–Crippen MR) is 58.6 cm³/mol. The Bertz CT molecular complexity index is 466. The van der Waals surface area contributed by atoms with Gasteiger partial charge >= 0.3 is 0 Å². The molecule has 0 amide bonds. The summed E-state index contributed by atoms with van der Waals surface area (Å²) in [5.41, 5.74) is 4.06. The van der Waals surface area contributed by atoms with Gasteiger partial charge in [-0.2, -0.15) is 0 Å². The van der Waals surface area contributed by atoms with Crippen LogP contribution in [0.5, 0.6) is 0 Å². The van der Waals surface area contributed by atoms with E-state index in [9.17, 15) is 0 Å². The van der Waals surface area contributed by atoms with Gasteiger partial charge in [0.15, 0.2) is 0 Å². The first-order valence-electron chi connectivity index (χ1n) is 5.13. The third kappa shape index (κ3) is 1.07. The predicted octanol–water partition coefficient (Wildman–Crippen LogP) is 2.16. The van der Waals surface area contributed by atoms with Crippen molar-refractivity contribution in [3.05, 3.63) is 35.5 Å². The first kappa shape index (κ1) is 8.06. The highest BCUT2D eigenvalue weighted by Gasteiger charge is 2.18. The summed E-state index contributed by atoms with van der Waals surface area (Å²) >= 11 is 0. The largest absolute Gasteiger partial charge is 0.361 e. The van der Waals surface area contributed by atoms with Crippen LogP contribution in [0, 0.1) is 6.92 Å². The van der Waals surface area contributed by atoms with Gasteiger partial charge in [-0.1, -0.05) is 6.07 Å². The van der Waals surface area contributed by atoms with Crippen molar-refractivity contribution in [3.63, 3.8) is 0 Å². The van der Waals surface area contributed by atoms with E-state index in [2.05, 4.69) is 41.6 Å². The molecular weight excluding hydrogens is 172 g/mol. The molecule has 1 aliphatic rings.